The normalized spacial score (nSPS) is 10.2. The number of carbonyl (C=O) groups is 1. The fraction of sp³-hybridized carbons (Fsp3) is 0.308. The van der Waals surface area contributed by atoms with Crippen molar-refractivity contribution >= 4 is 5.91 Å². The molecule has 6 nitrogen and oxygen atoms in total. The average molecular weight is 261 g/mol. The lowest BCUT2D eigenvalue weighted by molar-refractivity contribution is 0.0950. The summed E-state index contributed by atoms with van der Waals surface area (Å²) in [6.07, 6.45) is 0.502. The van der Waals surface area contributed by atoms with Gasteiger partial charge in [0.1, 0.15) is 5.75 Å². The van der Waals surface area contributed by atoms with Gasteiger partial charge in [0.05, 0.1) is 12.7 Å². The van der Waals surface area contributed by atoms with Crippen LogP contribution in [-0.4, -0.2) is 29.8 Å². The van der Waals surface area contributed by atoms with Crippen molar-refractivity contribution in [2.75, 3.05) is 13.7 Å². The summed E-state index contributed by atoms with van der Waals surface area (Å²) in [5.74, 6) is 1.39. The van der Waals surface area contributed by atoms with Gasteiger partial charge in [-0.2, -0.15) is 0 Å². The van der Waals surface area contributed by atoms with Gasteiger partial charge in [0.2, 0.25) is 11.8 Å². The maximum atomic E-state index is 12.0. The molecular weight excluding hydrogens is 246 g/mol. The summed E-state index contributed by atoms with van der Waals surface area (Å²) in [6.45, 7) is 2.16. The van der Waals surface area contributed by atoms with Crippen LogP contribution >= 0.6 is 0 Å². The molecule has 19 heavy (non-hydrogen) atoms. The second-order valence-corrected chi connectivity index (χ2v) is 3.92. The fourth-order valence-electron chi connectivity index (χ4n) is 1.65. The molecule has 0 radical (unpaired) electrons. The molecule has 0 saturated heterocycles. The van der Waals surface area contributed by atoms with Gasteiger partial charge in [-0.05, 0) is 12.1 Å². The first-order chi connectivity index (χ1) is 9.20. The van der Waals surface area contributed by atoms with Gasteiger partial charge in [-0.15, -0.1) is 10.2 Å². The molecule has 100 valence electrons. The average Bonchev–Trinajstić information content (AvgIpc) is 2.84. The van der Waals surface area contributed by atoms with E-state index in [-0.39, 0.29) is 5.91 Å². The zero-order valence-electron chi connectivity index (χ0n) is 10.8. The molecule has 1 amide bonds. The number of hydrogen-bond donors (Lipinski definition) is 1. The van der Waals surface area contributed by atoms with E-state index in [1.165, 1.54) is 7.11 Å². The van der Waals surface area contributed by atoms with Crippen LogP contribution in [0.2, 0.25) is 0 Å². The van der Waals surface area contributed by atoms with Crippen molar-refractivity contribution in [2.24, 2.45) is 0 Å². The molecule has 0 saturated carbocycles. The number of carbonyl (C=O) groups excluding carboxylic acids is 1. The molecule has 0 bridgehead atoms. The molecule has 6 heteroatoms. The van der Waals surface area contributed by atoms with Crippen molar-refractivity contribution in [3.05, 3.63) is 41.6 Å². The summed E-state index contributed by atoms with van der Waals surface area (Å²) in [5, 5.41) is 10.4. The van der Waals surface area contributed by atoms with E-state index in [0.717, 1.165) is 0 Å². The lowest BCUT2D eigenvalue weighted by atomic mass is 10.2. The minimum Gasteiger partial charge on any atom is -0.496 e. The van der Waals surface area contributed by atoms with Gasteiger partial charge in [-0.1, -0.05) is 12.1 Å². The highest BCUT2D eigenvalue weighted by molar-refractivity contribution is 5.96. The molecule has 2 aromatic rings. The summed E-state index contributed by atoms with van der Waals surface area (Å²) >= 11 is 0. The van der Waals surface area contributed by atoms with Crippen LogP contribution in [0.5, 0.6) is 5.75 Å². The van der Waals surface area contributed by atoms with Crippen LogP contribution in [0.4, 0.5) is 0 Å². The Kier molecular flexibility index (Phi) is 4.12. The minimum atomic E-state index is -0.186. The Morgan fingerprint density at radius 1 is 1.37 bits per heavy atom. The summed E-state index contributed by atoms with van der Waals surface area (Å²) < 4.78 is 10.4. The van der Waals surface area contributed by atoms with Crippen LogP contribution < -0.4 is 10.1 Å². The molecule has 2 rings (SSSR count). The van der Waals surface area contributed by atoms with E-state index >= 15 is 0 Å². The Balaban J connectivity index is 1.90. The van der Waals surface area contributed by atoms with Crippen molar-refractivity contribution in [1.29, 1.82) is 0 Å². The van der Waals surface area contributed by atoms with Crippen LogP contribution in [0.3, 0.4) is 0 Å². The molecule has 0 atom stereocenters. The van der Waals surface area contributed by atoms with Crippen LogP contribution in [-0.2, 0) is 6.42 Å². The number of methoxy groups -OCH3 is 1. The fourth-order valence-corrected chi connectivity index (χ4v) is 1.65. The Morgan fingerprint density at radius 3 is 2.84 bits per heavy atom. The zero-order chi connectivity index (χ0) is 13.7. The molecule has 0 aliphatic heterocycles. The number of aryl methyl sites for hydroxylation is 1. The second kappa shape index (κ2) is 5.99. The van der Waals surface area contributed by atoms with Crippen molar-refractivity contribution in [2.45, 2.75) is 13.3 Å². The number of amides is 1. The maximum Gasteiger partial charge on any atom is 0.255 e. The summed E-state index contributed by atoms with van der Waals surface area (Å²) in [7, 11) is 1.54. The van der Waals surface area contributed by atoms with Gasteiger partial charge in [-0.3, -0.25) is 4.79 Å². The number of ether oxygens (including phenoxy) is 1. The minimum absolute atomic E-state index is 0.186. The Morgan fingerprint density at radius 2 is 2.16 bits per heavy atom. The summed E-state index contributed by atoms with van der Waals surface area (Å²) in [6, 6.07) is 7.07. The Bertz CT molecular complexity index is 566. The molecule has 0 fully saturated rings. The molecular formula is C13H15N3O3. The maximum absolute atomic E-state index is 12.0. The largest absolute Gasteiger partial charge is 0.496 e. The van der Waals surface area contributed by atoms with E-state index in [1.807, 2.05) is 6.07 Å². The third kappa shape index (κ3) is 3.31. The zero-order valence-corrected chi connectivity index (χ0v) is 10.8. The van der Waals surface area contributed by atoms with E-state index in [2.05, 4.69) is 15.5 Å². The monoisotopic (exact) mass is 261 g/mol. The van der Waals surface area contributed by atoms with Gasteiger partial charge in [0.25, 0.3) is 5.91 Å². The first-order valence-electron chi connectivity index (χ1n) is 5.91. The number of rotatable bonds is 5. The van der Waals surface area contributed by atoms with E-state index in [4.69, 9.17) is 9.15 Å². The van der Waals surface area contributed by atoms with Crippen molar-refractivity contribution in [3.8, 4) is 5.75 Å². The van der Waals surface area contributed by atoms with Crippen molar-refractivity contribution in [3.63, 3.8) is 0 Å². The number of para-hydroxylation sites is 1. The predicted molar refractivity (Wildman–Crippen MR) is 68.1 cm³/mol. The van der Waals surface area contributed by atoms with Gasteiger partial charge < -0.3 is 14.5 Å². The third-order valence-electron chi connectivity index (χ3n) is 2.54. The highest BCUT2D eigenvalue weighted by Crippen LogP contribution is 2.16. The summed E-state index contributed by atoms with van der Waals surface area (Å²) in [4.78, 5) is 12.0. The quantitative estimate of drug-likeness (QED) is 0.879. The standard InChI is InChI=1S/C13H15N3O3/c1-9-15-16-12(19-9)7-8-14-13(17)10-5-3-4-6-11(10)18-2/h3-6H,7-8H2,1-2H3,(H,14,17). The molecule has 1 heterocycles. The molecule has 1 N–H and O–H groups in total. The van der Waals surface area contributed by atoms with E-state index < -0.39 is 0 Å². The van der Waals surface area contributed by atoms with E-state index in [9.17, 15) is 4.79 Å². The lowest BCUT2D eigenvalue weighted by Gasteiger charge is -2.08. The third-order valence-corrected chi connectivity index (χ3v) is 2.54. The second-order valence-electron chi connectivity index (χ2n) is 3.92. The molecule has 1 aromatic carbocycles. The molecule has 1 aromatic heterocycles. The number of nitrogens with zero attached hydrogens (tertiary/aromatic N) is 2. The van der Waals surface area contributed by atoms with Crippen LogP contribution in [0.25, 0.3) is 0 Å². The summed E-state index contributed by atoms with van der Waals surface area (Å²) in [5.41, 5.74) is 0.506. The number of aromatic nitrogens is 2. The predicted octanol–water partition coefficient (Wildman–Crippen LogP) is 1.36. The van der Waals surface area contributed by atoms with Gasteiger partial charge >= 0.3 is 0 Å². The number of nitrogens with one attached hydrogen (secondary N) is 1. The molecule has 0 spiro atoms. The van der Waals surface area contributed by atoms with Crippen LogP contribution in [0.15, 0.2) is 28.7 Å². The van der Waals surface area contributed by atoms with E-state index in [1.54, 1.807) is 25.1 Å². The Hall–Kier alpha value is -2.37. The number of benzene rings is 1. The number of hydrogen-bond acceptors (Lipinski definition) is 5. The molecule has 0 aliphatic carbocycles. The lowest BCUT2D eigenvalue weighted by Crippen LogP contribution is -2.26. The molecule has 0 unspecified atom stereocenters. The van der Waals surface area contributed by atoms with Gasteiger partial charge in [-0.25, -0.2) is 0 Å². The van der Waals surface area contributed by atoms with Crippen molar-refractivity contribution < 1.29 is 13.9 Å². The molecule has 0 aliphatic rings. The van der Waals surface area contributed by atoms with Crippen molar-refractivity contribution in [1.82, 2.24) is 15.5 Å². The smallest absolute Gasteiger partial charge is 0.255 e. The first-order valence-corrected chi connectivity index (χ1v) is 5.91. The van der Waals surface area contributed by atoms with E-state index in [0.29, 0.717) is 36.1 Å². The first kappa shape index (κ1) is 13.1. The van der Waals surface area contributed by atoms with Gasteiger partial charge in [0, 0.05) is 19.9 Å². The van der Waals surface area contributed by atoms with Crippen LogP contribution in [0, 0.1) is 6.92 Å². The van der Waals surface area contributed by atoms with Crippen LogP contribution in [0.1, 0.15) is 22.1 Å². The Labute approximate surface area is 110 Å². The highest BCUT2D eigenvalue weighted by atomic mass is 16.5. The highest BCUT2D eigenvalue weighted by Gasteiger charge is 2.11. The topological polar surface area (TPSA) is 77.2 Å². The van der Waals surface area contributed by atoms with Gasteiger partial charge in [0.15, 0.2) is 0 Å². The SMILES string of the molecule is COc1ccccc1C(=O)NCCc1nnc(C)o1.